The van der Waals surface area contributed by atoms with Crippen LogP contribution in [0.15, 0.2) is 29.3 Å². The van der Waals surface area contributed by atoms with Gasteiger partial charge in [0.2, 0.25) is 0 Å². The molecule has 5 heteroatoms. The number of aromatic amines is 1. The third kappa shape index (κ3) is 2.43. The molecule has 3 nitrogen and oxygen atoms in total. The van der Waals surface area contributed by atoms with Gasteiger partial charge < -0.3 is 4.98 Å². The second kappa shape index (κ2) is 5.31. The first kappa shape index (κ1) is 12.8. The molecule has 0 atom stereocenters. The zero-order chi connectivity index (χ0) is 13.1. The molecule has 94 valence electrons. The Balaban J connectivity index is 2.63. The molecule has 0 aliphatic rings. The third-order valence-corrected chi connectivity index (χ3v) is 2.87. The normalized spacial score (nSPS) is 10.6. The monoisotopic (exact) mass is 266 g/mol. The number of H-pyrrole nitrogens is 1. The maximum Gasteiger partial charge on any atom is 0.254 e. The van der Waals surface area contributed by atoms with Crippen molar-refractivity contribution in [3.05, 3.63) is 51.3 Å². The quantitative estimate of drug-likeness (QED) is 0.927. The lowest BCUT2D eigenvalue weighted by Crippen LogP contribution is -2.15. The van der Waals surface area contributed by atoms with Crippen molar-refractivity contribution >= 4 is 11.6 Å². The topological polar surface area (TPSA) is 45.8 Å². The molecule has 2 rings (SSSR count). The number of rotatable bonds is 3. The maximum absolute atomic E-state index is 13.9. The summed E-state index contributed by atoms with van der Waals surface area (Å²) in [6.07, 6.45) is 2.63. The summed E-state index contributed by atoms with van der Waals surface area (Å²) in [5, 5.41) is 0.318. The lowest BCUT2D eigenvalue weighted by molar-refractivity contribution is 0.630. The van der Waals surface area contributed by atoms with Crippen molar-refractivity contribution in [1.82, 2.24) is 9.97 Å². The van der Waals surface area contributed by atoms with Crippen molar-refractivity contribution in [3.8, 4) is 11.3 Å². The molecule has 18 heavy (non-hydrogen) atoms. The van der Waals surface area contributed by atoms with Gasteiger partial charge in [0.1, 0.15) is 5.82 Å². The van der Waals surface area contributed by atoms with Crippen molar-refractivity contribution in [2.24, 2.45) is 0 Å². The Hall–Kier alpha value is -1.68. The SMILES string of the molecule is CCCc1c(-c2ccc(Cl)cc2F)nc[nH]c1=O. The van der Waals surface area contributed by atoms with Gasteiger partial charge in [-0.3, -0.25) is 4.79 Å². The van der Waals surface area contributed by atoms with Crippen LogP contribution < -0.4 is 5.56 Å². The van der Waals surface area contributed by atoms with E-state index in [0.29, 0.717) is 28.3 Å². The number of hydrogen-bond acceptors (Lipinski definition) is 2. The van der Waals surface area contributed by atoms with E-state index in [1.54, 1.807) is 12.1 Å². The van der Waals surface area contributed by atoms with Gasteiger partial charge in [0.25, 0.3) is 5.56 Å². The van der Waals surface area contributed by atoms with Crippen LogP contribution in [0.5, 0.6) is 0 Å². The average molecular weight is 267 g/mol. The van der Waals surface area contributed by atoms with Crippen LogP contribution in [-0.4, -0.2) is 9.97 Å². The highest BCUT2D eigenvalue weighted by molar-refractivity contribution is 6.30. The van der Waals surface area contributed by atoms with Crippen LogP contribution in [0.1, 0.15) is 18.9 Å². The maximum atomic E-state index is 13.9. The zero-order valence-electron chi connectivity index (χ0n) is 9.84. The van der Waals surface area contributed by atoms with Crippen molar-refractivity contribution < 1.29 is 4.39 Å². The van der Waals surface area contributed by atoms with Crippen molar-refractivity contribution in [2.75, 3.05) is 0 Å². The van der Waals surface area contributed by atoms with Crippen LogP contribution in [0.3, 0.4) is 0 Å². The molecule has 1 heterocycles. The van der Waals surface area contributed by atoms with E-state index >= 15 is 0 Å². The van der Waals surface area contributed by atoms with Gasteiger partial charge in [0.05, 0.1) is 12.0 Å². The molecular weight excluding hydrogens is 255 g/mol. The van der Waals surface area contributed by atoms with Crippen LogP contribution >= 0.6 is 11.6 Å². The summed E-state index contributed by atoms with van der Waals surface area (Å²) in [6, 6.07) is 4.34. The molecule has 0 amide bonds. The third-order valence-electron chi connectivity index (χ3n) is 2.64. The van der Waals surface area contributed by atoms with E-state index in [1.807, 2.05) is 6.92 Å². The molecule has 0 saturated heterocycles. The lowest BCUT2D eigenvalue weighted by atomic mass is 10.0. The summed E-state index contributed by atoms with van der Waals surface area (Å²) >= 11 is 5.71. The molecule has 1 N–H and O–H groups in total. The highest BCUT2D eigenvalue weighted by atomic mass is 35.5. The van der Waals surface area contributed by atoms with E-state index in [2.05, 4.69) is 9.97 Å². The fourth-order valence-corrected chi connectivity index (χ4v) is 1.98. The van der Waals surface area contributed by atoms with E-state index in [4.69, 9.17) is 11.6 Å². The van der Waals surface area contributed by atoms with E-state index in [0.717, 1.165) is 6.42 Å². The van der Waals surface area contributed by atoms with E-state index in [1.165, 1.54) is 12.4 Å². The molecule has 0 aliphatic carbocycles. The van der Waals surface area contributed by atoms with Crippen LogP contribution in [0.4, 0.5) is 4.39 Å². The van der Waals surface area contributed by atoms with Gasteiger partial charge in [-0.15, -0.1) is 0 Å². The van der Waals surface area contributed by atoms with Crippen LogP contribution in [0, 0.1) is 5.82 Å². The van der Waals surface area contributed by atoms with Gasteiger partial charge in [-0.1, -0.05) is 24.9 Å². The Morgan fingerprint density at radius 2 is 2.22 bits per heavy atom. The van der Waals surface area contributed by atoms with Gasteiger partial charge in [0, 0.05) is 16.1 Å². The Bertz CT molecular complexity index is 625. The molecule has 0 spiro atoms. The summed E-state index contributed by atoms with van der Waals surface area (Å²) in [4.78, 5) is 18.3. The zero-order valence-corrected chi connectivity index (χ0v) is 10.6. The van der Waals surface area contributed by atoms with E-state index < -0.39 is 5.82 Å². The van der Waals surface area contributed by atoms with Crippen LogP contribution in [0.25, 0.3) is 11.3 Å². The molecule has 1 aromatic heterocycles. The molecule has 0 saturated carbocycles. The Morgan fingerprint density at radius 3 is 2.89 bits per heavy atom. The Labute approximate surface area is 109 Å². The standard InChI is InChI=1S/C13H12ClFN2O/c1-2-3-10-12(16-7-17-13(10)18)9-5-4-8(14)6-11(9)15/h4-7H,2-3H2,1H3,(H,16,17,18). The predicted molar refractivity (Wildman–Crippen MR) is 69.3 cm³/mol. The Morgan fingerprint density at radius 1 is 1.44 bits per heavy atom. The Kier molecular flexibility index (Phi) is 3.77. The fourth-order valence-electron chi connectivity index (χ4n) is 1.82. The number of aromatic nitrogens is 2. The first-order chi connectivity index (χ1) is 8.63. The fraction of sp³-hybridized carbons (Fsp3) is 0.231. The van der Waals surface area contributed by atoms with Gasteiger partial charge >= 0.3 is 0 Å². The minimum atomic E-state index is -0.474. The predicted octanol–water partition coefficient (Wildman–Crippen LogP) is 3.18. The van der Waals surface area contributed by atoms with Gasteiger partial charge in [-0.05, 0) is 24.6 Å². The van der Waals surface area contributed by atoms with Crippen molar-refractivity contribution in [2.45, 2.75) is 19.8 Å². The summed E-state index contributed by atoms with van der Waals surface area (Å²) in [5.41, 5.74) is 0.959. The summed E-state index contributed by atoms with van der Waals surface area (Å²) < 4.78 is 13.9. The molecule has 2 aromatic rings. The van der Waals surface area contributed by atoms with Crippen LogP contribution in [-0.2, 0) is 6.42 Å². The number of hydrogen-bond donors (Lipinski definition) is 1. The molecule has 0 unspecified atom stereocenters. The van der Waals surface area contributed by atoms with Crippen molar-refractivity contribution in [3.63, 3.8) is 0 Å². The molecule has 0 aliphatic heterocycles. The average Bonchev–Trinajstić information content (AvgIpc) is 2.32. The van der Waals surface area contributed by atoms with E-state index in [9.17, 15) is 9.18 Å². The van der Waals surface area contributed by atoms with Gasteiger partial charge in [-0.2, -0.15) is 0 Å². The first-order valence-corrected chi connectivity index (χ1v) is 6.03. The highest BCUT2D eigenvalue weighted by Crippen LogP contribution is 2.25. The van der Waals surface area contributed by atoms with Crippen LogP contribution in [0.2, 0.25) is 5.02 Å². The minimum Gasteiger partial charge on any atom is -0.313 e. The molecule has 1 aromatic carbocycles. The second-order valence-corrected chi connectivity index (χ2v) is 4.37. The minimum absolute atomic E-state index is 0.226. The molecular formula is C13H12ClFN2O. The van der Waals surface area contributed by atoms with Crippen molar-refractivity contribution in [1.29, 1.82) is 0 Å². The molecule has 0 radical (unpaired) electrons. The second-order valence-electron chi connectivity index (χ2n) is 3.93. The highest BCUT2D eigenvalue weighted by Gasteiger charge is 2.13. The first-order valence-electron chi connectivity index (χ1n) is 5.65. The lowest BCUT2D eigenvalue weighted by Gasteiger charge is -2.07. The largest absolute Gasteiger partial charge is 0.313 e. The summed E-state index contributed by atoms with van der Waals surface area (Å²) in [7, 11) is 0. The number of benzene rings is 1. The summed E-state index contributed by atoms with van der Waals surface area (Å²) in [5.74, 6) is -0.474. The van der Waals surface area contributed by atoms with Gasteiger partial charge in [0.15, 0.2) is 0 Å². The summed E-state index contributed by atoms with van der Waals surface area (Å²) in [6.45, 7) is 1.95. The number of nitrogens with one attached hydrogen (secondary N) is 1. The number of halogens is 2. The number of nitrogens with zero attached hydrogens (tertiary/aromatic N) is 1. The van der Waals surface area contributed by atoms with E-state index in [-0.39, 0.29) is 5.56 Å². The van der Waals surface area contributed by atoms with Gasteiger partial charge in [-0.25, -0.2) is 9.37 Å². The molecule has 0 bridgehead atoms. The molecule has 0 fully saturated rings. The smallest absolute Gasteiger partial charge is 0.254 e.